The Morgan fingerprint density at radius 3 is 2.85 bits per heavy atom. The molecule has 1 N–H and O–H groups in total. The highest BCUT2D eigenvalue weighted by Gasteiger charge is 2.42. The lowest BCUT2D eigenvalue weighted by atomic mass is 9.98. The predicted molar refractivity (Wildman–Crippen MR) is 77.5 cm³/mol. The third-order valence-corrected chi connectivity index (χ3v) is 5.92. The van der Waals surface area contributed by atoms with E-state index in [-0.39, 0.29) is 5.91 Å². The summed E-state index contributed by atoms with van der Waals surface area (Å²) in [4.78, 5) is 11.9. The van der Waals surface area contributed by atoms with Gasteiger partial charge in [0.1, 0.15) is 10.5 Å². The van der Waals surface area contributed by atoms with Gasteiger partial charge in [0.25, 0.3) is 0 Å². The van der Waals surface area contributed by atoms with Crippen LogP contribution in [0, 0.1) is 17.2 Å². The van der Waals surface area contributed by atoms with Crippen LogP contribution >= 0.6 is 23.1 Å². The maximum atomic E-state index is 11.9. The van der Waals surface area contributed by atoms with Crippen LogP contribution in [0.15, 0.2) is 4.34 Å². The normalized spacial score (nSPS) is 21.0. The van der Waals surface area contributed by atoms with Crippen LogP contribution in [0.2, 0.25) is 0 Å². The fraction of sp³-hybridized carbons (Fsp3) is 0.692. The van der Waals surface area contributed by atoms with Gasteiger partial charge in [-0.25, -0.2) is 0 Å². The maximum Gasteiger partial charge on any atom is 0.231 e. The van der Waals surface area contributed by atoms with Crippen LogP contribution in [0.4, 0.5) is 0 Å². The SMILES string of the molecule is CC(C#N)(NC(=O)CSc1nnc(C2CC2)s1)C1CC1. The molecule has 0 radical (unpaired) electrons. The summed E-state index contributed by atoms with van der Waals surface area (Å²) in [5.74, 6) is 1.11. The zero-order chi connectivity index (χ0) is 14.2. The van der Waals surface area contributed by atoms with Crippen LogP contribution < -0.4 is 5.32 Å². The third-order valence-electron chi connectivity index (χ3n) is 3.70. The number of amides is 1. The topological polar surface area (TPSA) is 78.7 Å². The summed E-state index contributed by atoms with van der Waals surface area (Å²) >= 11 is 2.98. The highest BCUT2D eigenvalue weighted by molar-refractivity contribution is 8.01. The average molecular weight is 308 g/mol. The van der Waals surface area contributed by atoms with Crippen LogP contribution in [0.1, 0.15) is 43.5 Å². The summed E-state index contributed by atoms with van der Waals surface area (Å²) in [6, 6.07) is 2.23. The largest absolute Gasteiger partial charge is 0.337 e. The van der Waals surface area contributed by atoms with Crippen molar-refractivity contribution in [3.63, 3.8) is 0 Å². The molecule has 1 heterocycles. The number of nitriles is 1. The summed E-state index contributed by atoms with van der Waals surface area (Å²) in [6.07, 6.45) is 4.47. The Morgan fingerprint density at radius 2 is 2.25 bits per heavy atom. The molecule has 0 aliphatic heterocycles. The van der Waals surface area contributed by atoms with Crippen molar-refractivity contribution in [2.45, 2.75) is 48.4 Å². The first-order valence-corrected chi connectivity index (χ1v) is 8.59. The lowest BCUT2D eigenvalue weighted by Gasteiger charge is -2.22. The van der Waals surface area contributed by atoms with Gasteiger partial charge < -0.3 is 5.32 Å². The first kappa shape index (κ1) is 13.8. The Labute approximate surface area is 126 Å². The molecule has 106 valence electrons. The molecule has 1 aromatic rings. The van der Waals surface area contributed by atoms with Gasteiger partial charge in [0.2, 0.25) is 5.91 Å². The Hall–Kier alpha value is -1.13. The van der Waals surface area contributed by atoms with Crippen molar-refractivity contribution < 1.29 is 4.79 Å². The van der Waals surface area contributed by atoms with E-state index in [9.17, 15) is 10.1 Å². The fourth-order valence-electron chi connectivity index (χ4n) is 2.11. The van der Waals surface area contributed by atoms with Gasteiger partial charge in [-0.1, -0.05) is 23.1 Å². The standard InChI is InChI=1S/C13H16N4OS2/c1-13(7-14,9-4-5-9)15-10(18)6-19-12-17-16-11(20-12)8-2-3-8/h8-9H,2-6H2,1H3,(H,15,18). The van der Waals surface area contributed by atoms with Crippen molar-refractivity contribution in [1.82, 2.24) is 15.5 Å². The molecule has 0 saturated heterocycles. The van der Waals surface area contributed by atoms with E-state index in [1.807, 2.05) is 6.92 Å². The molecule has 20 heavy (non-hydrogen) atoms. The molecule has 0 spiro atoms. The smallest absolute Gasteiger partial charge is 0.231 e. The van der Waals surface area contributed by atoms with E-state index in [2.05, 4.69) is 21.6 Å². The second-order valence-electron chi connectivity index (χ2n) is 5.61. The first-order valence-electron chi connectivity index (χ1n) is 6.79. The number of rotatable bonds is 6. The number of hydrogen-bond donors (Lipinski definition) is 1. The Morgan fingerprint density at radius 1 is 1.50 bits per heavy atom. The highest BCUT2D eigenvalue weighted by Crippen LogP contribution is 2.42. The summed E-state index contributed by atoms with van der Waals surface area (Å²) in [5, 5.41) is 21.4. The second kappa shape index (κ2) is 5.34. The van der Waals surface area contributed by atoms with E-state index in [1.54, 1.807) is 11.3 Å². The van der Waals surface area contributed by atoms with Crippen molar-refractivity contribution in [2.24, 2.45) is 5.92 Å². The quantitative estimate of drug-likeness (QED) is 0.816. The van der Waals surface area contributed by atoms with E-state index in [4.69, 9.17) is 0 Å². The number of thioether (sulfide) groups is 1. The molecule has 1 aromatic heterocycles. The highest BCUT2D eigenvalue weighted by atomic mass is 32.2. The Kier molecular flexibility index (Phi) is 3.69. The lowest BCUT2D eigenvalue weighted by molar-refractivity contribution is -0.119. The molecular weight excluding hydrogens is 292 g/mol. The molecular formula is C13H16N4OS2. The van der Waals surface area contributed by atoms with Gasteiger partial charge in [0.15, 0.2) is 4.34 Å². The maximum absolute atomic E-state index is 11.9. The zero-order valence-electron chi connectivity index (χ0n) is 11.3. The summed E-state index contributed by atoms with van der Waals surface area (Å²) < 4.78 is 0.840. The molecule has 2 aliphatic carbocycles. The van der Waals surface area contributed by atoms with Crippen LogP contribution in [-0.2, 0) is 4.79 Å². The molecule has 2 aliphatic rings. The molecule has 0 aromatic carbocycles. The minimum absolute atomic E-state index is 0.103. The van der Waals surface area contributed by atoms with E-state index >= 15 is 0 Å². The fourth-order valence-corrected chi connectivity index (χ4v) is 3.95. The van der Waals surface area contributed by atoms with E-state index in [1.165, 1.54) is 24.6 Å². The molecule has 7 heteroatoms. The summed E-state index contributed by atoms with van der Waals surface area (Å²) in [5.41, 5.74) is -0.710. The number of hydrogen-bond acceptors (Lipinski definition) is 6. The molecule has 1 amide bonds. The van der Waals surface area contributed by atoms with Crippen molar-refractivity contribution >= 4 is 29.0 Å². The molecule has 1 unspecified atom stereocenters. The van der Waals surface area contributed by atoms with E-state index < -0.39 is 5.54 Å². The third kappa shape index (κ3) is 3.13. The molecule has 3 rings (SSSR count). The number of aromatic nitrogens is 2. The Bertz CT molecular complexity index is 559. The molecule has 2 saturated carbocycles. The minimum Gasteiger partial charge on any atom is -0.337 e. The van der Waals surface area contributed by atoms with Crippen LogP contribution in [0.3, 0.4) is 0 Å². The van der Waals surface area contributed by atoms with Gasteiger partial charge >= 0.3 is 0 Å². The van der Waals surface area contributed by atoms with Crippen LogP contribution in [0.5, 0.6) is 0 Å². The monoisotopic (exact) mass is 308 g/mol. The Balaban J connectivity index is 1.49. The summed E-state index contributed by atoms with van der Waals surface area (Å²) in [6.45, 7) is 1.81. The molecule has 5 nitrogen and oxygen atoms in total. The van der Waals surface area contributed by atoms with E-state index in [0.717, 1.165) is 22.2 Å². The summed E-state index contributed by atoms with van der Waals surface area (Å²) in [7, 11) is 0. The van der Waals surface area contributed by atoms with Gasteiger partial charge in [0.05, 0.1) is 11.8 Å². The van der Waals surface area contributed by atoms with Gasteiger partial charge in [-0.3, -0.25) is 4.79 Å². The minimum atomic E-state index is -0.710. The van der Waals surface area contributed by atoms with Crippen LogP contribution in [-0.4, -0.2) is 27.4 Å². The van der Waals surface area contributed by atoms with Crippen molar-refractivity contribution in [1.29, 1.82) is 5.26 Å². The van der Waals surface area contributed by atoms with Gasteiger partial charge in [-0.2, -0.15) is 5.26 Å². The lowest BCUT2D eigenvalue weighted by Crippen LogP contribution is -2.47. The number of carbonyl (C=O) groups is 1. The first-order chi connectivity index (χ1) is 9.60. The molecule has 2 fully saturated rings. The van der Waals surface area contributed by atoms with Gasteiger partial charge in [-0.05, 0) is 38.5 Å². The van der Waals surface area contributed by atoms with Crippen molar-refractivity contribution in [2.75, 3.05) is 5.75 Å². The number of nitrogens with zero attached hydrogens (tertiary/aromatic N) is 3. The zero-order valence-corrected chi connectivity index (χ0v) is 12.9. The van der Waals surface area contributed by atoms with Gasteiger partial charge in [-0.15, -0.1) is 10.2 Å². The molecule has 1 atom stereocenters. The molecule has 0 bridgehead atoms. The van der Waals surface area contributed by atoms with Crippen molar-refractivity contribution in [3.05, 3.63) is 5.01 Å². The predicted octanol–water partition coefficient (Wildman–Crippen LogP) is 2.32. The van der Waals surface area contributed by atoms with E-state index in [0.29, 0.717) is 17.6 Å². The number of nitrogens with one attached hydrogen (secondary N) is 1. The number of carbonyl (C=O) groups excluding carboxylic acids is 1. The van der Waals surface area contributed by atoms with Crippen molar-refractivity contribution in [3.8, 4) is 6.07 Å². The second-order valence-corrected chi connectivity index (χ2v) is 7.84. The van der Waals surface area contributed by atoms with Crippen LogP contribution in [0.25, 0.3) is 0 Å². The van der Waals surface area contributed by atoms with Gasteiger partial charge in [0, 0.05) is 5.92 Å². The average Bonchev–Trinajstić information content (AvgIpc) is 3.34.